The third kappa shape index (κ3) is 5.11. The molecule has 33 heavy (non-hydrogen) atoms. The predicted molar refractivity (Wildman–Crippen MR) is 121 cm³/mol. The highest BCUT2D eigenvalue weighted by Crippen LogP contribution is 2.35. The van der Waals surface area contributed by atoms with Gasteiger partial charge in [0.2, 0.25) is 11.8 Å². The number of nitrogens with one attached hydrogen (secondary N) is 1. The molecule has 1 aliphatic heterocycles. The van der Waals surface area contributed by atoms with Gasteiger partial charge in [0.05, 0.1) is 23.9 Å². The Kier molecular flexibility index (Phi) is 6.83. The minimum atomic E-state index is -2.96. The Morgan fingerprint density at radius 2 is 1.94 bits per heavy atom. The summed E-state index contributed by atoms with van der Waals surface area (Å²) in [5, 5.41) is 4.69. The number of hydrogen-bond acceptors (Lipinski definition) is 6. The quantitative estimate of drug-likeness (QED) is 0.508. The van der Waals surface area contributed by atoms with Gasteiger partial charge in [-0.05, 0) is 31.2 Å². The number of carbonyl (C=O) groups excluding carboxylic acids is 2. The lowest BCUT2D eigenvalue weighted by molar-refractivity contribution is -0.122. The first-order valence-corrected chi connectivity index (χ1v) is 11.2. The normalized spacial score (nSPS) is 15.7. The summed E-state index contributed by atoms with van der Waals surface area (Å²) in [5.74, 6) is -0.476. The zero-order valence-electron chi connectivity index (χ0n) is 17.7. The molecule has 1 aromatic heterocycles. The molecule has 1 N–H and O–H groups in total. The molecule has 0 radical (unpaired) electrons. The molecular weight excluding hydrogens is 452 g/mol. The van der Waals surface area contributed by atoms with Crippen LogP contribution in [-0.2, 0) is 9.59 Å². The highest BCUT2D eigenvalue weighted by Gasteiger charge is 2.36. The number of ether oxygens (including phenoxy) is 2. The first kappa shape index (κ1) is 22.7. The number of thiazole rings is 1. The van der Waals surface area contributed by atoms with E-state index in [2.05, 4.69) is 15.0 Å². The summed E-state index contributed by atoms with van der Waals surface area (Å²) >= 11 is 1.16. The molecule has 10 heteroatoms. The van der Waals surface area contributed by atoms with Crippen LogP contribution in [-0.4, -0.2) is 36.6 Å². The molecule has 0 saturated carbocycles. The summed E-state index contributed by atoms with van der Waals surface area (Å²) in [6.45, 7) is -0.419. The van der Waals surface area contributed by atoms with Crippen LogP contribution in [0.2, 0.25) is 0 Å². The molecule has 1 atom stereocenters. The number of carbonyl (C=O) groups is 2. The van der Waals surface area contributed by atoms with Gasteiger partial charge in [0.15, 0.2) is 5.13 Å². The minimum absolute atomic E-state index is 0.000622. The molecular formula is C23H21F2N3O4S. The number of amides is 2. The van der Waals surface area contributed by atoms with Crippen LogP contribution in [0.5, 0.6) is 11.5 Å². The third-order valence-electron chi connectivity index (χ3n) is 5.07. The maximum atomic E-state index is 12.8. The van der Waals surface area contributed by atoms with Gasteiger partial charge in [-0.1, -0.05) is 24.3 Å². The van der Waals surface area contributed by atoms with E-state index in [0.29, 0.717) is 34.4 Å². The largest absolute Gasteiger partial charge is 0.492 e. The molecule has 0 bridgehead atoms. The second kappa shape index (κ2) is 9.95. The second-order valence-corrected chi connectivity index (χ2v) is 8.07. The average molecular weight is 474 g/mol. The van der Waals surface area contributed by atoms with E-state index in [1.807, 2.05) is 19.1 Å². The van der Waals surface area contributed by atoms with Gasteiger partial charge in [0.25, 0.3) is 0 Å². The summed E-state index contributed by atoms with van der Waals surface area (Å²) in [6, 6.07) is 13.5. The van der Waals surface area contributed by atoms with Crippen molar-refractivity contribution in [3.8, 4) is 22.8 Å². The van der Waals surface area contributed by atoms with Crippen molar-refractivity contribution >= 4 is 34.0 Å². The number of anilines is 2. The molecule has 1 saturated heterocycles. The van der Waals surface area contributed by atoms with Crippen molar-refractivity contribution in [2.24, 2.45) is 5.92 Å². The third-order valence-corrected chi connectivity index (χ3v) is 5.82. The fraction of sp³-hybridized carbons (Fsp3) is 0.261. The Labute approximate surface area is 193 Å². The van der Waals surface area contributed by atoms with Gasteiger partial charge in [-0.2, -0.15) is 8.78 Å². The van der Waals surface area contributed by atoms with E-state index in [9.17, 15) is 18.4 Å². The maximum Gasteiger partial charge on any atom is 0.387 e. The van der Waals surface area contributed by atoms with Gasteiger partial charge in [0.1, 0.15) is 11.5 Å². The lowest BCUT2D eigenvalue weighted by Crippen LogP contribution is -2.28. The Hall–Kier alpha value is -3.53. The summed E-state index contributed by atoms with van der Waals surface area (Å²) in [4.78, 5) is 31.3. The fourth-order valence-electron chi connectivity index (χ4n) is 3.61. The summed E-state index contributed by atoms with van der Waals surface area (Å²) in [7, 11) is 0. The van der Waals surface area contributed by atoms with Gasteiger partial charge in [-0.3, -0.25) is 9.59 Å². The number of benzene rings is 2. The minimum Gasteiger partial charge on any atom is -0.492 e. The molecule has 0 spiro atoms. The van der Waals surface area contributed by atoms with Crippen molar-refractivity contribution in [3.63, 3.8) is 0 Å². The predicted octanol–water partition coefficient (Wildman–Crippen LogP) is 4.80. The van der Waals surface area contributed by atoms with Crippen molar-refractivity contribution in [2.45, 2.75) is 20.0 Å². The molecule has 0 aliphatic carbocycles. The Morgan fingerprint density at radius 3 is 2.70 bits per heavy atom. The van der Waals surface area contributed by atoms with Gasteiger partial charge >= 0.3 is 6.61 Å². The standard InChI is InChI=1S/C23H21F2N3O4S/c1-2-31-19-10-6-4-8-17(19)28-12-14(11-20(28)29)21(30)27-23-26-16(13-33-23)15-7-3-5-9-18(15)32-22(24)25/h3-10,13-14,22H,2,11-12H2,1H3,(H,26,27,30). The van der Waals surface area contributed by atoms with Gasteiger partial charge in [-0.15, -0.1) is 11.3 Å². The van der Waals surface area contributed by atoms with Crippen molar-refractivity contribution in [1.29, 1.82) is 0 Å². The number of aromatic nitrogens is 1. The average Bonchev–Trinajstić information content (AvgIpc) is 3.41. The van der Waals surface area contributed by atoms with Gasteiger partial charge in [-0.25, -0.2) is 4.98 Å². The van der Waals surface area contributed by atoms with Crippen molar-refractivity contribution in [3.05, 3.63) is 53.9 Å². The molecule has 2 heterocycles. The van der Waals surface area contributed by atoms with E-state index < -0.39 is 12.5 Å². The molecule has 3 aromatic rings. The zero-order chi connectivity index (χ0) is 23.4. The van der Waals surface area contributed by atoms with Crippen LogP contribution in [0.3, 0.4) is 0 Å². The lowest BCUT2D eigenvalue weighted by atomic mass is 10.1. The molecule has 4 rings (SSSR count). The van der Waals surface area contributed by atoms with E-state index >= 15 is 0 Å². The molecule has 7 nitrogen and oxygen atoms in total. The van der Waals surface area contributed by atoms with Crippen molar-refractivity contribution in [1.82, 2.24) is 4.98 Å². The van der Waals surface area contributed by atoms with Crippen LogP contribution in [0.25, 0.3) is 11.3 Å². The van der Waals surface area contributed by atoms with Crippen LogP contribution in [0.15, 0.2) is 53.9 Å². The number of alkyl halides is 2. The van der Waals surface area contributed by atoms with Crippen LogP contribution in [0.4, 0.5) is 19.6 Å². The topological polar surface area (TPSA) is 80.8 Å². The van der Waals surface area contributed by atoms with Crippen LogP contribution < -0.4 is 19.7 Å². The monoisotopic (exact) mass is 473 g/mol. The Bertz CT molecular complexity index is 1150. The molecule has 1 fully saturated rings. The highest BCUT2D eigenvalue weighted by atomic mass is 32.1. The van der Waals surface area contributed by atoms with Crippen LogP contribution >= 0.6 is 11.3 Å². The Morgan fingerprint density at radius 1 is 1.21 bits per heavy atom. The molecule has 172 valence electrons. The number of nitrogens with zero attached hydrogens (tertiary/aromatic N) is 2. The van der Waals surface area contributed by atoms with E-state index in [4.69, 9.17) is 4.74 Å². The zero-order valence-corrected chi connectivity index (χ0v) is 18.5. The lowest BCUT2D eigenvalue weighted by Gasteiger charge is -2.20. The van der Waals surface area contributed by atoms with Gasteiger partial charge in [0, 0.05) is 23.9 Å². The van der Waals surface area contributed by atoms with Gasteiger partial charge < -0.3 is 19.7 Å². The molecule has 2 amide bonds. The first-order valence-electron chi connectivity index (χ1n) is 10.3. The fourth-order valence-corrected chi connectivity index (χ4v) is 4.33. The SMILES string of the molecule is CCOc1ccccc1N1CC(C(=O)Nc2nc(-c3ccccc3OC(F)F)cs2)CC1=O. The van der Waals surface area contributed by atoms with E-state index in [1.54, 1.807) is 40.6 Å². The smallest absolute Gasteiger partial charge is 0.387 e. The number of para-hydroxylation sites is 3. The summed E-state index contributed by atoms with van der Waals surface area (Å²) in [6.07, 6.45) is 0.0651. The Balaban J connectivity index is 1.45. The van der Waals surface area contributed by atoms with Crippen molar-refractivity contribution in [2.75, 3.05) is 23.4 Å². The molecule has 1 aliphatic rings. The number of hydrogen-bond donors (Lipinski definition) is 1. The first-order chi connectivity index (χ1) is 16.0. The molecule has 2 aromatic carbocycles. The summed E-state index contributed by atoms with van der Waals surface area (Å²) < 4.78 is 35.5. The highest BCUT2D eigenvalue weighted by molar-refractivity contribution is 7.14. The second-order valence-electron chi connectivity index (χ2n) is 7.21. The van der Waals surface area contributed by atoms with Crippen LogP contribution in [0, 0.1) is 5.92 Å². The van der Waals surface area contributed by atoms with E-state index in [1.165, 1.54) is 6.07 Å². The van der Waals surface area contributed by atoms with Crippen LogP contribution in [0.1, 0.15) is 13.3 Å². The number of rotatable bonds is 8. The number of halogens is 2. The molecule has 1 unspecified atom stereocenters. The maximum absolute atomic E-state index is 12.8. The van der Waals surface area contributed by atoms with E-state index in [-0.39, 0.29) is 30.5 Å². The summed E-state index contributed by atoms with van der Waals surface area (Å²) in [5.41, 5.74) is 1.43. The van der Waals surface area contributed by atoms with E-state index in [0.717, 1.165) is 11.3 Å². The van der Waals surface area contributed by atoms with Crippen molar-refractivity contribution < 1.29 is 27.8 Å².